The number of nitrogens with one attached hydrogen (secondary N) is 1. The SMILES string of the molecule is CCOc1ccc(-c2nnc(Nc3cccc(Cl)c3)c3ccccc23)cc1. The second-order valence-corrected chi connectivity index (χ2v) is 6.47. The number of ether oxygens (including phenoxy) is 1. The first kappa shape index (κ1) is 17.3. The number of hydrogen-bond donors (Lipinski definition) is 1. The fraction of sp³-hybridized carbons (Fsp3) is 0.0909. The van der Waals surface area contributed by atoms with Gasteiger partial charge in [0.05, 0.1) is 6.61 Å². The van der Waals surface area contributed by atoms with Crippen molar-refractivity contribution < 1.29 is 4.74 Å². The number of aromatic nitrogens is 2. The largest absolute Gasteiger partial charge is 0.494 e. The molecule has 0 spiro atoms. The van der Waals surface area contributed by atoms with Crippen LogP contribution in [0.5, 0.6) is 5.75 Å². The molecule has 5 heteroatoms. The van der Waals surface area contributed by atoms with Gasteiger partial charge in [-0.2, -0.15) is 0 Å². The normalized spacial score (nSPS) is 10.7. The van der Waals surface area contributed by atoms with Crippen molar-refractivity contribution >= 4 is 33.9 Å². The summed E-state index contributed by atoms with van der Waals surface area (Å²) in [7, 11) is 0. The lowest BCUT2D eigenvalue weighted by atomic mass is 10.0. The van der Waals surface area contributed by atoms with Crippen molar-refractivity contribution in [2.75, 3.05) is 11.9 Å². The molecule has 0 unspecified atom stereocenters. The molecule has 0 saturated carbocycles. The number of rotatable bonds is 5. The Bertz CT molecular complexity index is 1080. The molecular formula is C22H18ClN3O. The van der Waals surface area contributed by atoms with Gasteiger partial charge in [-0.15, -0.1) is 10.2 Å². The summed E-state index contributed by atoms with van der Waals surface area (Å²) in [5.41, 5.74) is 2.71. The van der Waals surface area contributed by atoms with Gasteiger partial charge in [0, 0.05) is 27.0 Å². The van der Waals surface area contributed by atoms with E-state index in [1.807, 2.05) is 73.7 Å². The minimum Gasteiger partial charge on any atom is -0.494 e. The van der Waals surface area contributed by atoms with Gasteiger partial charge in [0.1, 0.15) is 11.4 Å². The standard InChI is InChI=1S/C22H18ClN3O/c1-2-27-18-12-10-15(11-13-18)21-19-8-3-4-9-20(19)22(26-25-21)24-17-7-5-6-16(23)14-17/h3-14H,2H2,1H3,(H,24,26). The fourth-order valence-electron chi connectivity index (χ4n) is 2.99. The van der Waals surface area contributed by atoms with Gasteiger partial charge in [0.2, 0.25) is 0 Å². The summed E-state index contributed by atoms with van der Waals surface area (Å²) in [6, 6.07) is 23.5. The molecule has 1 aromatic heterocycles. The number of fused-ring (bicyclic) bond motifs is 1. The number of nitrogens with zero attached hydrogens (tertiary/aromatic N) is 2. The van der Waals surface area contributed by atoms with Crippen LogP contribution < -0.4 is 10.1 Å². The van der Waals surface area contributed by atoms with Gasteiger partial charge in [-0.1, -0.05) is 41.9 Å². The minimum atomic E-state index is 0.645. The molecular weight excluding hydrogens is 358 g/mol. The molecule has 0 aliphatic heterocycles. The molecule has 134 valence electrons. The summed E-state index contributed by atoms with van der Waals surface area (Å²) in [5.74, 6) is 1.54. The van der Waals surface area contributed by atoms with Crippen LogP contribution in [0.15, 0.2) is 72.8 Å². The average Bonchev–Trinajstić information content (AvgIpc) is 2.69. The van der Waals surface area contributed by atoms with Gasteiger partial charge < -0.3 is 10.1 Å². The lowest BCUT2D eigenvalue weighted by Crippen LogP contribution is -1.99. The van der Waals surface area contributed by atoms with Crippen molar-refractivity contribution in [1.82, 2.24) is 10.2 Å². The van der Waals surface area contributed by atoms with Crippen molar-refractivity contribution in [1.29, 1.82) is 0 Å². The van der Waals surface area contributed by atoms with E-state index in [1.165, 1.54) is 0 Å². The van der Waals surface area contributed by atoms with E-state index in [0.29, 0.717) is 17.4 Å². The van der Waals surface area contributed by atoms with Gasteiger partial charge in [-0.25, -0.2) is 0 Å². The van der Waals surface area contributed by atoms with E-state index in [4.69, 9.17) is 16.3 Å². The molecule has 0 saturated heterocycles. The molecule has 0 atom stereocenters. The Morgan fingerprint density at radius 1 is 0.889 bits per heavy atom. The molecule has 0 amide bonds. The maximum Gasteiger partial charge on any atom is 0.161 e. The highest BCUT2D eigenvalue weighted by atomic mass is 35.5. The van der Waals surface area contributed by atoms with E-state index in [2.05, 4.69) is 21.6 Å². The Balaban J connectivity index is 1.76. The first-order valence-electron chi connectivity index (χ1n) is 8.76. The summed E-state index contributed by atoms with van der Waals surface area (Å²) in [5, 5.41) is 14.9. The number of benzene rings is 3. The molecule has 3 aromatic carbocycles. The smallest absolute Gasteiger partial charge is 0.161 e. The molecule has 4 nitrogen and oxygen atoms in total. The number of anilines is 2. The van der Waals surface area contributed by atoms with E-state index < -0.39 is 0 Å². The van der Waals surface area contributed by atoms with Gasteiger partial charge in [0.25, 0.3) is 0 Å². The van der Waals surface area contributed by atoms with Gasteiger partial charge in [-0.05, 0) is 49.4 Å². The van der Waals surface area contributed by atoms with Gasteiger partial charge in [0.15, 0.2) is 5.82 Å². The van der Waals surface area contributed by atoms with Gasteiger partial charge >= 0.3 is 0 Å². The van der Waals surface area contributed by atoms with E-state index in [1.54, 1.807) is 0 Å². The summed E-state index contributed by atoms with van der Waals surface area (Å²) in [4.78, 5) is 0. The Kier molecular flexibility index (Phi) is 4.90. The minimum absolute atomic E-state index is 0.645. The molecule has 0 aliphatic rings. The van der Waals surface area contributed by atoms with E-state index in [9.17, 15) is 0 Å². The summed E-state index contributed by atoms with van der Waals surface area (Å²) < 4.78 is 5.52. The fourth-order valence-corrected chi connectivity index (χ4v) is 3.18. The first-order chi connectivity index (χ1) is 13.2. The lowest BCUT2D eigenvalue weighted by Gasteiger charge is -2.12. The summed E-state index contributed by atoms with van der Waals surface area (Å²) in [6.45, 7) is 2.62. The number of hydrogen-bond acceptors (Lipinski definition) is 4. The second-order valence-electron chi connectivity index (χ2n) is 6.04. The average molecular weight is 376 g/mol. The van der Waals surface area contributed by atoms with Crippen LogP contribution >= 0.6 is 11.6 Å². The highest BCUT2D eigenvalue weighted by Crippen LogP contribution is 2.32. The van der Waals surface area contributed by atoms with Crippen LogP contribution in [0.1, 0.15) is 6.92 Å². The van der Waals surface area contributed by atoms with E-state index in [-0.39, 0.29) is 0 Å². The molecule has 1 heterocycles. The highest BCUT2D eigenvalue weighted by Gasteiger charge is 2.11. The Morgan fingerprint density at radius 2 is 1.67 bits per heavy atom. The van der Waals surface area contributed by atoms with Gasteiger partial charge in [-0.3, -0.25) is 0 Å². The third-order valence-electron chi connectivity index (χ3n) is 4.21. The van der Waals surface area contributed by atoms with Crippen molar-refractivity contribution in [2.24, 2.45) is 0 Å². The zero-order valence-electron chi connectivity index (χ0n) is 14.8. The lowest BCUT2D eigenvalue weighted by molar-refractivity contribution is 0.340. The quantitative estimate of drug-likeness (QED) is 0.458. The van der Waals surface area contributed by atoms with Crippen molar-refractivity contribution in [2.45, 2.75) is 6.92 Å². The topological polar surface area (TPSA) is 47.0 Å². The van der Waals surface area contributed by atoms with Crippen LogP contribution in [0.25, 0.3) is 22.0 Å². The highest BCUT2D eigenvalue weighted by molar-refractivity contribution is 6.30. The van der Waals surface area contributed by atoms with Crippen LogP contribution in [0.4, 0.5) is 11.5 Å². The van der Waals surface area contributed by atoms with Crippen LogP contribution in [0.3, 0.4) is 0 Å². The molecule has 0 radical (unpaired) electrons. The number of halogens is 1. The molecule has 4 rings (SSSR count). The van der Waals surface area contributed by atoms with Crippen LogP contribution in [-0.2, 0) is 0 Å². The predicted molar refractivity (Wildman–Crippen MR) is 111 cm³/mol. The molecule has 1 N–H and O–H groups in total. The van der Waals surface area contributed by atoms with Crippen molar-refractivity contribution in [3.8, 4) is 17.0 Å². The van der Waals surface area contributed by atoms with E-state index in [0.717, 1.165) is 33.5 Å². The molecule has 27 heavy (non-hydrogen) atoms. The Labute approximate surface area is 162 Å². The third-order valence-corrected chi connectivity index (χ3v) is 4.45. The molecule has 0 fully saturated rings. The first-order valence-corrected chi connectivity index (χ1v) is 9.13. The molecule has 0 aliphatic carbocycles. The Hall–Kier alpha value is -3.11. The second kappa shape index (κ2) is 7.64. The zero-order valence-corrected chi connectivity index (χ0v) is 15.6. The predicted octanol–water partition coefficient (Wildman–Crippen LogP) is 6.09. The molecule has 0 bridgehead atoms. The monoisotopic (exact) mass is 375 g/mol. The van der Waals surface area contributed by atoms with Crippen LogP contribution in [0, 0.1) is 0 Å². The van der Waals surface area contributed by atoms with E-state index >= 15 is 0 Å². The molecule has 4 aromatic rings. The zero-order chi connectivity index (χ0) is 18.6. The third kappa shape index (κ3) is 3.71. The van der Waals surface area contributed by atoms with Crippen molar-refractivity contribution in [3.05, 3.63) is 77.8 Å². The maximum absolute atomic E-state index is 6.08. The summed E-state index contributed by atoms with van der Waals surface area (Å²) in [6.07, 6.45) is 0. The van der Waals surface area contributed by atoms with Crippen LogP contribution in [0.2, 0.25) is 5.02 Å². The Morgan fingerprint density at radius 3 is 2.41 bits per heavy atom. The maximum atomic E-state index is 6.08. The summed E-state index contributed by atoms with van der Waals surface area (Å²) >= 11 is 6.08. The van der Waals surface area contributed by atoms with Crippen LogP contribution in [-0.4, -0.2) is 16.8 Å². The van der Waals surface area contributed by atoms with Crippen molar-refractivity contribution in [3.63, 3.8) is 0 Å².